The quantitative estimate of drug-likeness (QED) is 0.382. The first-order valence-electron chi connectivity index (χ1n) is 9.92. The van der Waals surface area contributed by atoms with E-state index >= 15 is 0 Å². The molecular formula is C18H28F2O8S. The normalized spacial score (nSPS) is 32.1. The summed E-state index contributed by atoms with van der Waals surface area (Å²) in [6.45, 7) is -0.0768. The van der Waals surface area contributed by atoms with Crippen LogP contribution >= 0.6 is 0 Å². The summed E-state index contributed by atoms with van der Waals surface area (Å²) in [5.41, 5.74) is -1.97. The van der Waals surface area contributed by atoms with Crippen molar-refractivity contribution < 1.29 is 46.2 Å². The number of hydrogen-bond acceptors (Lipinski definition) is 7. The number of hydrogen-bond donors (Lipinski definition) is 3. The lowest BCUT2D eigenvalue weighted by Crippen LogP contribution is -2.42. The van der Waals surface area contributed by atoms with Gasteiger partial charge in [-0.25, -0.2) is 4.79 Å². The monoisotopic (exact) mass is 442 g/mol. The van der Waals surface area contributed by atoms with Gasteiger partial charge in [-0.2, -0.15) is 17.2 Å². The topological polar surface area (TPSA) is 130 Å². The van der Waals surface area contributed by atoms with Crippen LogP contribution in [0.5, 0.6) is 0 Å². The molecule has 0 aromatic rings. The molecule has 0 bridgehead atoms. The van der Waals surface area contributed by atoms with E-state index in [0.717, 1.165) is 25.7 Å². The van der Waals surface area contributed by atoms with Gasteiger partial charge in [0.1, 0.15) is 6.61 Å². The van der Waals surface area contributed by atoms with Crippen molar-refractivity contribution in [3.05, 3.63) is 0 Å². The van der Waals surface area contributed by atoms with Gasteiger partial charge in [-0.15, -0.1) is 0 Å². The van der Waals surface area contributed by atoms with Gasteiger partial charge in [-0.1, -0.05) is 25.7 Å². The first kappa shape index (κ1) is 22.8. The van der Waals surface area contributed by atoms with Gasteiger partial charge in [0.25, 0.3) is 0 Å². The molecular weight excluding hydrogens is 414 g/mol. The Hall–Kier alpha value is -0.880. The van der Waals surface area contributed by atoms with Gasteiger partial charge >= 0.3 is 21.3 Å². The standard InChI is InChI=1S/C18H28F2O8S/c1-11(18(19,20)29(24,25)26)28-12(21)10-27-15-13(16(22)6-2-3-7-16)14(15)17(23)8-4-5-9-17/h11,13-15,22-23H,2-10H2,1H3,(H,24,25,26). The number of carbonyl (C=O) groups excluding carboxylic acids is 1. The molecule has 3 aliphatic carbocycles. The Morgan fingerprint density at radius 1 is 1.07 bits per heavy atom. The average Bonchev–Trinajstić information content (AvgIpc) is 2.93. The second kappa shape index (κ2) is 7.67. The van der Waals surface area contributed by atoms with Crippen LogP contribution in [0.4, 0.5) is 8.78 Å². The van der Waals surface area contributed by atoms with E-state index in [9.17, 15) is 32.2 Å². The second-order valence-corrected chi connectivity index (χ2v) is 10.1. The molecule has 0 aliphatic heterocycles. The molecule has 3 fully saturated rings. The molecule has 3 rings (SSSR count). The van der Waals surface area contributed by atoms with Crippen LogP contribution in [0.3, 0.4) is 0 Å². The molecule has 8 nitrogen and oxygen atoms in total. The fourth-order valence-electron chi connectivity index (χ4n) is 5.09. The van der Waals surface area contributed by atoms with Crippen LogP contribution in [0.15, 0.2) is 0 Å². The molecule has 3 saturated carbocycles. The molecule has 29 heavy (non-hydrogen) atoms. The molecule has 168 valence electrons. The summed E-state index contributed by atoms with van der Waals surface area (Å²) in [6.07, 6.45) is 2.72. The number of halogens is 2. The lowest BCUT2D eigenvalue weighted by molar-refractivity contribution is -0.166. The molecule has 0 spiro atoms. The molecule has 0 radical (unpaired) electrons. The van der Waals surface area contributed by atoms with Gasteiger partial charge in [0.2, 0.25) is 0 Å². The number of carbonyl (C=O) groups is 1. The highest BCUT2D eigenvalue weighted by atomic mass is 32.2. The van der Waals surface area contributed by atoms with Gasteiger partial charge in [0.15, 0.2) is 6.10 Å². The van der Waals surface area contributed by atoms with Crippen LogP contribution in [-0.4, -0.2) is 64.4 Å². The highest BCUT2D eigenvalue weighted by Crippen LogP contribution is 2.61. The predicted molar refractivity (Wildman–Crippen MR) is 95.6 cm³/mol. The number of esters is 1. The molecule has 0 heterocycles. The Balaban J connectivity index is 1.61. The summed E-state index contributed by atoms with van der Waals surface area (Å²) in [7, 11) is -5.74. The average molecular weight is 442 g/mol. The third-order valence-corrected chi connectivity index (χ3v) is 7.67. The zero-order valence-corrected chi connectivity index (χ0v) is 17.0. The molecule has 3 atom stereocenters. The SMILES string of the molecule is CC(OC(=O)COC1C(C2(O)CCCC2)C1C1(O)CCCC1)C(F)(F)S(=O)(=O)O. The van der Waals surface area contributed by atoms with Crippen LogP contribution in [-0.2, 0) is 24.4 Å². The van der Waals surface area contributed by atoms with Crippen LogP contribution in [0, 0.1) is 11.8 Å². The van der Waals surface area contributed by atoms with E-state index in [1.165, 1.54) is 0 Å². The summed E-state index contributed by atoms with van der Waals surface area (Å²) in [6, 6.07) is 0. The first-order valence-corrected chi connectivity index (χ1v) is 11.4. The predicted octanol–water partition coefficient (Wildman–Crippen LogP) is 1.64. The number of rotatable bonds is 8. The summed E-state index contributed by atoms with van der Waals surface area (Å²) in [4.78, 5) is 11.9. The maximum atomic E-state index is 13.5. The van der Waals surface area contributed by atoms with Crippen molar-refractivity contribution in [2.45, 2.75) is 87.0 Å². The zero-order chi connectivity index (χ0) is 21.7. The molecule has 3 unspecified atom stereocenters. The van der Waals surface area contributed by atoms with E-state index in [0.29, 0.717) is 32.6 Å². The van der Waals surface area contributed by atoms with Crippen LogP contribution < -0.4 is 0 Å². The maximum Gasteiger partial charge on any atom is 0.405 e. The fraction of sp³-hybridized carbons (Fsp3) is 0.944. The maximum absolute atomic E-state index is 13.5. The Bertz CT molecular complexity index is 700. The van der Waals surface area contributed by atoms with E-state index in [1.54, 1.807) is 0 Å². The van der Waals surface area contributed by atoms with E-state index in [2.05, 4.69) is 4.74 Å². The molecule has 3 aliphatic rings. The van der Waals surface area contributed by atoms with Crippen molar-refractivity contribution >= 4 is 16.1 Å². The Morgan fingerprint density at radius 2 is 1.48 bits per heavy atom. The number of aliphatic hydroxyl groups is 2. The zero-order valence-electron chi connectivity index (χ0n) is 16.2. The van der Waals surface area contributed by atoms with E-state index in [-0.39, 0.29) is 11.8 Å². The van der Waals surface area contributed by atoms with Gasteiger partial charge in [-0.05, 0) is 32.6 Å². The number of ether oxygens (including phenoxy) is 2. The van der Waals surface area contributed by atoms with Crippen molar-refractivity contribution in [1.82, 2.24) is 0 Å². The summed E-state index contributed by atoms with van der Waals surface area (Å²) in [5, 5.41) is 17.3. The minimum absolute atomic E-state index is 0.349. The fourth-order valence-corrected chi connectivity index (χ4v) is 5.55. The van der Waals surface area contributed by atoms with Crippen molar-refractivity contribution in [3.8, 4) is 0 Å². The Labute approximate surface area is 168 Å². The lowest BCUT2D eigenvalue weighted by atomic mass is 9.87. The van der Waals surface area contributed by atoms with Crippen LogP contribution in [0.1, 0.15) is 58.3 Å². The summed E-state index contributed by atoms with van der Waals surface area (Å²) < 4.78 is 67.0. The summed E-state index contributed by atoms with van der Waals surface area (Å²) in [5.74, 6) is -1.92. The minimum Gasteiger partial charge on any atom is -0.453 e. The molecule has 0 saturated heterocycles. The Kier molecular flexibility index (Phi) is 6.03. The third-order valence-electron chi connectivity index (χ3n) is 6.65. The first-order chi connectivity index (χ1) is 13.3. The smallest absolute Gasteiger partial charge is 0.405 e. The molecule has 0 amide bonds. The number of alkyl halides is 2. The lowest BCUT2D eigenvalue weighted by Gasteiger charge is -2.27. The van der Waals surface area contributed by atoms with Crippen molar-refractivity contribution in [2.75, 3.05) is 6.61 Å². The molecule has 11 heteroatoms. The largest absolute Gasteiger partial charge is 0.453 e. The minimum atomic E-state index is -5.74. The van der Waals surface area contributed by atoms with Gasteiger partial charge < -0.3 is 19.7 Å². The molecule has 3 N–H and O–H groups in total. The third kappa shape index (κ3) is 4.30. The van der Waals surface area contributed by atoms with E-state index < -0.39 is 51.4 Å². The van der Waals surface area contributed by atoms with Crippen molar-refractivity contribution in [1.29, 1.82) is 0 Å². The van der Waals surface area contributed by atoms with Gasteiger partial charge in [-0.3, -0.25) is 4.55 Å². The van der Waals surface area contributed by atoms with Gasteiger partial charge in [0.05, 0.1) is 17.3 Å². The highest BCUT2D eigenvalue weighted by molar-refractivity contribution is 7.86. The van der Waals surface area contributed by atoms with E-state index in [4.69, 9.17) is 9.29 Å². The van der Waals surface area contributed by atoms with Crippen molar-refractivity contribution in [2.24, 2.45) is 11.8 Å². The second-order valence-electron chi connectivity index (χ2n) is 8.62. The Morgan fingerprint density at radius 3 is 1.86 bits per heavy atom. The highest BCUT2D eigenvalue weighted by Gasteiger charge is 2.69. The van der Waals surface area contributed by atoms with Crippen LogP contribution in [0.25, 0.3) is 0 Å². The summed E-state index contributed by atoms with van der Waals surface area (Å²) >= 11 is 0. The van der Waals surface area contributed by atoms with Gasteiger partial charge in [0, 0.05) is 11.8 Å². The van der Waals surface area contributed by atoms with Crippen LogP contribution in [0.2, 0.25) is 0 Å². The molecule has 0 aromatic carbocycles. The van der Waals surface area contributed by atoms with E-state index in [1.807, 2.05) is 0 Å². The molecule has 0 aromatic heterocycles. The van der Waals surface area contributed by atoms with Crippen molar-refractivity contribution in [3.63, 3.8) is 0 Å².